The van der Waals surface area contributed by atoms with Crippen molar-refractivity contribution in [3.05, 3.63) is 69.8 Å². The zero-order valence-corrected chi connectivity index (χ0v) is 19.1. The van der Waals surface area contributed by atoms with E-state index in [-0.39, 0.29) is 18.0 Å². The van der Waals surface area contributed by atoms with Gasteiger partial charge in [-0.25, -0.2) is 4.98 Å². The zero-order chi connectivity index (χ0) is 22.5. The van der Waals surface area contributed by atoms with E-state index < -0.39 is 0 Å². The summed E-state index contributed by atoms with van der Waals surface area (Å²) in [7, 11) is 0. The van der Waals surface area contributed by atoms with Gasteiger partial charge in [-0.2, -0.15) is 0 Å². The van der Waals surface area contributed by atoms with E-state index in [1.807, 2.05) is 36.4 Å². The molecule has 4 rings (SSSR count). The molecule has 0 bridgehead atoms. The number of aromatic nitrogens is 2. The molecule has 0 atom stereocenters. The van der Waals surface area contributed by atoms with Crippen LogP contribution in [-0.4, -0.2) is 28.5 Å². The predicted molar refractivity (Wildman–Crippen MR) is 128 cm³/mol. The summed E-state index contributed by atoms with van der Waals surface area (Å²) >= 11 is 0. The SMILES string of the molecule is CCc1cccc(CC)c1NC(=O)Cn1c(C[NH+]2CCCCC2)nc2ccccc2c1=O. The molecule has 1 aliphatic heterocycles. The minimum atomic E-state index is -0.185. The summed E-state index contributed by atoms with van der Waals surface area (Å²) < 4.78 is 1.58. The van der Waals surface area contributed by atoms with Crippen LogP contribution in [0, 0.1) is 0 Å². The zero-order valence-electron chi connectivity index (χ0n) is 19.1. The molecule has 2 aromatic carbocycles. The van der Waals surface area contributed by atoms with Crippen LogP contribution in [0.15, 0.2) is 47.3 Å². The largest absolute Gasteiger partial charge is 0.329 e. The van der Waals surface area contributed by atoms with Crippen LogP contribution < -0.4 is 15.8 Å². The van der Waals surface area contributed by atoms with Crippen molar-refractivity contribution < 1.29 is 9.69 Å². The van der Waals surface area contributed by atoms with Gasteiger partial charge in [0.1, 0.15) is 13.1 Å². The van der Waals surface area contributed by atoms with E-state index in [0.717, 1.165) is 42.7 Å². The Morgan fingerprint density at radius 2 is 1.69 bits per heavy atom. The number of carbonyl (C=O) groups excluding carboxylic acids is 1. The van der Waals surface area contributed by atoms with Crippen LogP contribution in [0.1, 0.15) is 50.1 Å². The van der Waals surface area contributed by atoms with Crippen LogP contribution in [0.3, 0.4) is 0 Å². The molecular formula is C26H33N4O2+. The lowest BCUT2D eigenvalue weighted by Crippen LogP contribution is -3.11. The Bertz CT molecular complexity index is 1140. The fourth-order valence-electron chi connectivity index (χ4n) is 4.69. The first-order chi connectivity index (χ1) is 15.6. The number of aryl methyl sites for hydroxylation is 2. The number of benzene rings is 2. The number of fused-ring (bicyclic) bond motifs is 1. The third kappa shape index (κ3) is 4.75. The number of amides is 1. The molecule has 1 amide bonds. The normalized spacial score (nSPS) is 14.6. The monoisotopic (exact) mass is 433 g/mol. The Morgan fingerprint density at radius 3 is 2.38 bits per heavy atom. The Hall–Kier alpha value is -2.99. The Balaban J connectivity index is 1.67. The quantitative estimate of drug-likeness (QED) is 0.602. The first-order valence-electron chi connectivity index (χ1n) is 11.8. The summed E-state index contributed by atoms with van der Waals surface area (Å²) in [5.74, 6) is 0.509. The summed E-state index contributed by atoms with van der Waals surface area (Å²) in [5.41, 5.74) is 3.66. The Morgan fingerprint density at radius 1 is 1.00 bits per heavy atom. The smallest absolute Gasteiger partial charge is 0.262 e. The van der Waals surface area contributed by atoms with Crippen LogP contribution in [0.4, 0.5) is 5.69 Å². The molecule has 2 N–H and O–H groups in total. The minimum Gasteiger partial charge on any atom is -0.329 e. The van der Waals surface area contributed by atoms with Gasteiger partial charge in [0.05, 0.1) is 24.0 Å². The van der Waals surface area contributed by atoms with Crippen molar-refractivity contribution in [3.63, 3.8) is 0 Å². The van der Waals surface area contributed by atoms with Gasteiger partial charge in [-0.15, -0.1) is 0 Å². The highest BCUT2D eigenvalue weighted by Crippen LogP contribution is 2.22. The highest BCUT2D eigenvalue weighted by atomic mass is 16.2. The highest BCUT2D eigenvalue weighted by molar-refractivity contribution is 5.92. The molecule has 0 saturated carbocycles. The lowest BCUT2D eigenvalue weighted by Gasteiger charge is -2.24. The maximum atomic E-state index is 13.4. The number of quaternary nitrogens is 1. The third-order valence-corrected chi connectivity index (χ3v) is 6.47. The Kier molecular flexibility index (Phi) is 7.00. The summed E-state index contributed by atoms with van der Waals surface area (Å²) in [6, 6.07) is 13.5. The van der Waals surface area contributed by atoms with E-state index in [4.69, 9.17) is 4.98 Å². The lowest BCUT2D eigenvalue weighted by molar-refractivity contribution is -0.919. The predicted octanol–water partition coefficient (Wildman–Crippen LogP) is 2.73. The second kappa shape index (κ2) is 10.1. The van der Waals surface area contributed by atoms with Gasteiger partial charge in [0.15, 0.2) is 5.82 Å². The van der Waals surface area contributed by atoms with Gasteiger partial charge in [0.25, 0.3) is 5.56 Å². The number of piperidine rings is 1. The maximum Gasteiger partial charge on any atom is 0.262 e. The standard InChI is InChI=1S/C26H32N4O2/c1-3-19-11-10-12-20(4-2)25(19)28-24(31)18-30-23(17-29-15-8-5-9-16-29)27-22-14-7-6-13-21(22)26(30)32/h6-7,10-14H,3-5,8-9,15-18H2,1-2H3,(H,28,31)/p+1. The van der Waals surface area contributed by atoms with Crippen molar-refractivity contribution in [3.8, 4) is 0 Å². The lowest BCUT2D eigenvalue weighted by atomic mass is 10.0. The van der Waals surface area contributed by atoms with Gasteiger partial charge in [-0.1, -0.05) is 44.2 Å². The maximum absolute atomic E-state index is 13.4. The van der Waals surface area contributed by atoms with Crippen molar-refractivity contribution in [1.82, 2.24) is 9.55 Å². The van der Waals surface area contributed by atoms with Crippen LogP contribution in [0.2, 0.25) is 0 Å². The van der Waals surface area contributed by atoms with E-state index >= 15 is 0 Å². The number of rotatable bonds is 7. The van der Waals surface area contributed by atoms with Gasteiger partial charge >= 0.3 is 0 Å². The number of nitrogens with one attached hydrogen (secondary N) is 2. The van der Waals surface area contributed by atoms with Gasteiger partial charge in [0.2, 0.25) is 5.91 Å². The van der Waals surface area contributed by atoms with Crippen molar-refractivity contribution in [1.29, 1.82) is 0 Å². The molecule has 0 unspecified atom stereocenters. The second-order valence-corrected chi connectivity index (χ2v) is 8.63. The average molecular weight is 434 g/mol. The molecule has 2 heterocycles. The van der Waals surface area contributed by atoms with Gasteiger partial charge in [0, 0.05) is 5.69 Å². The average Bonchev–Trinajstić information content (AvgIpc) is 2.82. The molecule has 0 radical (unpaired) electrons. The number of para-hydroxylation sites is 2. The third-order valence-electron chi connectivity index (χ3n) is 6.47. The first kappa shape index (κ1) is 22.2. The molecular weight excluding hydrogens is 400 g/mol. The minimum absolute atomic E-state index is 0.0273. The van der Waals surface area contributed by atoms with E-state index in [2.05, 4.69) is 19.2 Å². The van der Waals surface area contributed by atoms with E-state index in [0.29, 0.717) is 23.3 Å². The fraction of sp³-hybridized carbons (Fsp3) is 0.423. The number of nitrogens with zero attached hydrogens (tertiary/aromatic N) is 2. The van der Waals surface area contributed by atoms with E-state index in [1.54, 1.807) is 10.6 Å². The summed E-state index contributed by atoms with van der Waals surface area (Å²) in [6.45, 7) is 6.97. The Labute approximate surface area is 189 Å². The van der Waals surface area contributed by atoms with Crippen LogP contribution >= 0.6 is 0 Å². The molecule has 1 fully saturated rings. The molecule has 6 heteroatoms. The highest BCUT2D eigenvalue weighted by Gasteiger charge is 2.21. The first-order valence-corrected chi connectivity index (χ1v) is 11.8. The molecule has 1 saturated heterocycles. The molecule has 3 aromatic rings. The topological polar surface area (TPSA) is 68.4 Å². The second-order valence-electron chi connectivity index (χ2n) is 8.63. The molecule has 6 nitrogen and oxygen atoms in total. The molecule has 32 heavy (non-hydrogen) atoms. The molecule has 1 aromatic heterocycles. The van der Waals surface area contributed by atoms with Crippen molar-refractivity contribution in [2.24, 2.45) is 0 Å². The number of anilines is 1. The van der Waals surface area contributed by atoms with Crippen LogP contribution in [0.5, 0.6) is 0 Å². The number of likely N-dealkylation sites (tertiary alicyclic amines) is 1. The summed E-state index contributed by atoms with van der Waals surface area (Å²) in [4.78, 5) is 32.8. The van der Waals surface area contributed by atoms with Crippen LogP contribution in [0.25, 0.3) is 10.9 Å². The van der Waals surface area contributed by atoms with Crippen molar-refractivity contribution in [2.45, 2.75) is 59.0 Å². The molecule has 168 valence electrons. The summed E-state index contributed by atoms with van der Waals surface area (Å²) in [5, 5.41) is 3.66. The van der Waals surface area contributed by atoms with E-state index in [9.17, 15) is 9.59 Å². The van der Waals surface area contributed by atoms with E-state index in [1.165, 1.54) is 24.2 Å². The molecule has 1 aliphatic rings. The number of hydrogen-bond donors (Lipinski definition) is 2. The number of carbonyl (C=O) groups is 1. The van der Waals surface area contributed by atoms with Crippen LogP contribution in [-0.2, 0) is 30.7 Å². The van der Waals surface area contributed by atoms with Crippen molar-refractivity contribution in [2.75, 3.05) is 18.4 Å². The molecule has 0 spiro atoms. The summed E-state index contributed by atoms with van der Waals surface area (Å²) in [6.07, 6.45) is 5.33. The fourth-order valence-corrected chi connectivity index (χ4v) is 4.69. The van der Waals surface area contributed by atoms with Gasteiger partial charge < -0.3 is 10.2 Å². The number of hydrogen-bond acceptors (Lipinski definition) is 3. The molecule has 0 aliphatic carbocycles. The van der Waals surface area contributed by atoms with Gasteiger partial charge in [-0.05, 0) is 55.4 Å². The van der Waals surface area contributed by atoms with Gasteiger partial charge in [-0.3, -0.25) is 14.2 Å². The van der Waals surface area contributed by atoms with Crippen molar-refractivity contribution >= 4 is 22.5 Å².